The summed E-state index contributed by atoms with van der Waals surface area (Å²) in [5, 5.41) is 6.23. The lowest BCUT2D eigenvalue weighted by Crippen LogP contribution is -2.43. The van der Waals surface area contributed by atoms with Crippen LogP contribution < -0.4 is 10.6 Å². The van der Waals surface area contributed by atoms with Gasteiger partial charge in [0.1, 0.15) is 0 Å². The lowest BCUT2D eigenvalue weighted by Gasteiger charge is -2.23. The molecule has 2 rings (SSSR count). The van der Waals surface area contributed by atoms with E-state index < -0.39 is 0 Å². The molecule has 1 aromatic rings. The van der Waals surface area contributed by atoms with Crippen molar-refractivity contribution in [1.82, 2.24) is 5.32 Å². The first-order chi connectivity index (χ1) is 8.16. The van der Waals surface area contributed by atoms with Crippen LogP contribution in [0.1, 0.15) is 24.8 Å². The molecule has 2 N–H and O–H groups in total. The van der Waals surface area contributed by atoms with E-state index in [1.165, 1.54) is 6.42 Å². The molecule has 1 fully saturated rings. The van der Waals surface area contributed by atoms with Crippen molar-refractivity contribution in [3.8, 4) is 0 Å². The Morgan fingerprint density at radius 1 is 1.44 bits per heavy atom. The summed E-state index contributed by atoms with van der Waals surface area (Å²) in [5.74, 6) is 0.0788. The zero-order valence-electron chi connectivity index (χ0n) is 10.3. The Hall–Kier alpha value is -0.580. The van der Waals surface area contributed by atoms with Gasteiger partial charge >= 0.3 is 0 Å². The third-order valence-electron chi connectivity index (χ3n) is 3.07. The fourth-order valence-electron chi connectivity index (χ4n) is 2.06. The van der Waals surface area contributed by atoms with Crippen LogP contribution in [0.25, 0.3) is 0 Å². The minimum Gasteiger partial charge on any atom is -0.324 e. The van der Waals surface area contributed by atoms with Crippen molar-refractivity contribution >= 4 is 39.9 Å². The Morgan fingerprint density at radius 3 is 2.83 bits per heavy atom. The molecule has 1 aliphatic heterocycles. The molecule has 0 radical (unpaired) electrons. The van der Waals surface area contributed by atoms with E-state index in [1.54, 1.807) is 0 Å². The SMILES string of the molecule is Cc1cc(Br)ccc1NC(=O)[C@H]1CCCCN1.Cl. The zero-order valence-corrected chi connectivity index (χ0v) is 12.7. The molecule has 1 amide bonds. The Morgan fingerprint density at radius 2 is 2.22 bits per heavy atom. The summed E-state index contributed by atoms with van der Waals surface area (Å²) in [4.78, 5) is 12.0. The first-order valence-corrected chi connectivity index (χ1v) is 6.76. The molecule has 0 saturated carbocycles. The molecule has 18 heavy (non-hydrogen) atoms. The van der Waals surface area contributed by atoms with Crippen LogP contribution in [-0.2, 0) is 4.79 Å². The number of hydrogen-bond acceptors (Lipinski definition) is 2. The molecular weight excluding hydrogens is 316 g/mol. The first-order valence-electron chi connectivity index (χ1n) is 5.97. The van der Waals surface area contributed by atoms with E-state index in [0.717, 1.165) is 35.1 Å². The van der Waals surface area contributed by atoms with Gasteiger partial charge in [-0.3, -0.25) is 4.79 Å². The number of halogens is 2. The molecular formula is C13H18BrClN2O. The van der Waals surface area contributed by atoms with E-state index in [0.29, 0.717) is 0 Å². The highest BCUT2D eigenvalue weighted by molar-refractivity contribution is 9.10. The van der Waals surface area contributed by atoms with Gasteiger partial charge in [-0.25, -0.2) is 0 Å². The average molecular weight is 334 g/mol. The molecule has 3 nitrogen and oxygen atoms in total. The van der Waals surface area contributed by atoms with Crippen LogP contribution in [0.15, 0.2) is 22.7 Å². The standard InChI is InChI=1S/C13H17BrN2O.ClH/c1-9-8-10(14)5-6-11(9)16-13(17)12-4-2-3-7-15-12;/h5-6,8,12,15H,2-4,7H2,1H3,(H,16,17);1H/t12-;/m1./s1. The summed E-state index contributed by atoms with van der Waals surface area (Å²) in [6.07, 6.45) is 3.23. The van der Waals surface area contributed by atoms with Gasteiger partial charge in [-0.15, -0.1) is 12.4 Å². The number of anilines is 1. The number of nitrogens with one attached hydrogen (secondary N) is 2. The lowest BCUT2D eigenvalue weighted by atomic mass is 10.0. The summed E-state index contributed by atoms with van der Waals surface area (Å²) in [6, 6.07) is 5.84. The summed E-state index contributed by atoms with van der Waals surface area (Å²) in [6.45, 7) is 2.94. The van der Waals surface area contributed by atoms with Crippen LogP contribution in [0, 0.1) is 6.92 Å². The Kier molecular flexibility index (Phi) is 6.12. The Bertz CT molecular complexity index is 419. The van der Waals surface area contributed by atoms with Gasteiger partial charge in [0.05, 0.1) is 6.04 Å². The molecule has 1 atom stereocenters. The van der Waals surface area contributed by atoms with Crippen molar-refractivity contribution in [1.29, 1.82) is 0 Å². The Balaban J connectivity index is 0.00000162. The van der Waals surface area contributed by atoms with E-state index >= 15 is 0 Å². The number of carbonyl (C=O) groups excluding carboxylic acids is 1. The molecule has 0 spiro atoms. The van der Waals surface area contributed by atoms with E-state index in [9.17, 15) is 4.79 Å². The highest BCUT2D eigenvalue weighted by Crippen LogP contribution is 2.20. The normalized spacial score (nSPS) is 18.9. The van der Waals surface area contributed by atoms with Crippen molar-refractivity contribution in [2.24, 2.45) is 0 Å². The Labute approximate surface area is 122 Å². The van der Waals surface area contributed by atoms with Crippen LogP contribution in [0.2, 0.25) is 0 Å². The predicted octanol–water partition coefficient (Wildman–Crippen LogP) is 3.26. The summed E-state index contributed by atoms with van der Waals surface area (Å²) < 4.78 is 1.03. The number of benzene rings is 1. The number of amides is 1. The summed E-state index contributed by atoms with van der Waals surface area (Å²) >= 11 is 3.41. The van der Waals surface area contributed by atoms with Gasteiger partial charge in [-0.2, -0.15) is 0 Å². The summed E-state index contributed by atoms with van der Waals surface area (Å²) in [7, 11) is 0. The van der Waals surface area contributed by atoms with Gasteiger partial charge in [-0.1, -0.05) is 22.4 Å². The van der Waals surface area contributed by atoms with Crippen molar-refractivity contribution in [2.45, 2.75) is 32.2 Å². The maximum atomic E-state index is 12.0. The number of hydrogen-bond donors (Lipinski definition) is 2. The fourth-order valence-corrected chi connectivity index (χ4v) is 2.54. The largest absolute Gasteiger partial charge is 0.324 e. The van der Waals surface area contributed by atoms with E-state index in [1.807, 2.05) is 25.1 Å². The van der Waals surface area contributed by atoms with Crippen LogP contribution in [-0.4, -0.2) is 18.5 Å². The molecule has 0 aliphatic carbocycles. The van der Waals surface area contributed by atoms with Gasteiger partial charge < -0.3 is 10.6 Å². The van der Waals surface area contributed by atoms with Crippen LogP contribution in [0.5, 0.6) is 0 Å². The average Bonchev–Trinajstić information content (AvgIpc) is 2.34. The quantitative estimate of drug-likeness (QED) is 0.872. The highest BCUT2D eigenvalue weighted by Gasteiger charge is 2.20. The number of piperidine rings is 1. The van der Waals surface area contributed by atoms with Crippen molar-refractivity contribution in [3.63, 3.8) is 0 Å². The minimum absolute atomic E-state index is 0. The van der Waals surface area contributed by atoms with Crippen molar-refractivity contribution in [3.05, 3.63) is 28.2 Å². The molecule has 1 heterocycles. The second kappa shape index (κ2) is 7.12. The number of carbonyl (C=O) groups is 1. The fraction of sp³-hybridized carbons (Fsp3) is 0.462. The molecule has 0 unspecified atom stereocenters. The smallest absolute Gasteiger partial charge is 0.241 e. The maximum Gasteiger partial charge on any atom is 0.241 e. The predicted molar refractivity (Wildman–Crippen MR) is 80.4 cm³/mol. The molecule has 1 aliphatic rings. The van der Waals surface area contributed by atoms with Gasteiger partial charge in [-0.05, 0) is 50.1 Å². The van der Waals surface area contributed by atoms with Crippen LogP contribution >= 0.6 is 28.3 Å². The number of rotatable bonds is 2. The van der Waals surface area contributed by atoms with Crippen molar-refractivity contribution in [2.75, 3.05) is 11.9 Å². The maximum absolute atomic E-state index is 12.0. The van der Waals surface area contributed by atoms with Gasteiger partial charge in [0.25, 0.3) is 0 Å². The molecule has 5 heteroatoms. The number of aryl methyl sites for hydroxylation is 1. The molecule has 100 valence electrons. The molecule has 0 bridgehead atoms. The minimum atomic E-state index is -0.0354. The van der Waals surface area contributed by atoms with Gasteiger partial charge in [0.15, 0.2) is 0 Å². The van der Waals surface area contributed by atoms with E-state index in [-0.39, 0.29) is 24.4 Å². The van der Waals surface area contributed by atoms with E-state index in [4.69, 9.17) is 0 Å². The molecule has 1 aromatic carbocycles. The third-order valence-corrected chi connectivity index (χ3v) is 3.57. The summed E-state index contributed by atoms with van der Waals surface area (Å²) in [5.41, 5.74) is 1.97. The van der Waals surface area contributed by atoms with Gasteiger partial charge in [0, 0.05) is 10.2 Å². The first kappa shape index (κ1) is 15.5. The highest BCUT2D eigenvalue weighted by atomic mass is 79.9. The lowest BCUT2D eigenvalue weighted by molar-refractivity contribution is -0.118. The molecule has 0 aromatic heterocycles. The second-order valence-electron chi connectivity index (χ2n) is 4.45. The van der Waals surface area contributed by atoms with E-state index in [2.05, 4.69) is 26.6 Å². The van der Waals surface area contributed by atoms with Crippen LogP contribution in [0.3, 0.4) is 0 Å². The second-order valence-corrected chi connectivity index (χ2v) is 5.37. The zero-order chi connectivity index (χ0) is 12.3. The van der Waals surface area contributed by atoms with Gasteiger partial charge in [0.2, 0.25) is 5.91 Å². The topological polar surface area (TPSA) is 41.1 Å². The monoisotopic (exact) mass is 332 g/mol. The molecule has 1 saturated heterocycles. The van der Waals surface area contributed by atoms with Crippen molar-refractivity contribution < 1.29 is 4.79 Å². The third kappa shape index (κ3) is 3.97. The van der Waals surface area contributed by atoms with Crippen LogP contribution in [0.4, 0.5) is 5.69 Å².